The summed E-state index contributed by atoms with van der Waals surface area (Å²) in [5.74, 6) is 1.11. The van der Waals surface area contributed by atoms with E-state index in [1.54, 1.807) is 12.1 Å². The van der Waals surface area contributed by atoms with Crippen LogP contribution in [0.15, 0.2) is 29.2 Å². The van der Waals surface area contributed by atoms with Gasteiger partial charge in [-0.2, -0.15) is 5.26 Å². The molecule has 0 aliphatic heterocycles. The van der Waals surface area contributed by atoms with E-state index in [-0.39, 0.29) is 10.6 Å². The smallest absolute Gasteiger partial charge is 0.282 e. The minimum Gasteiger partial charge on any atom is -0.302 e. The van der Waals surface area contributed by atoms with Gasteiger partial charge < -0.3 is 5.32 Å². The number of hydrogen-bond acceptors (Lipinski definition) is 5. The predicted molar refractivity (Wildman–Crippen MR) is 83.2 cm³/mol. The predicted octanol–water partition coefficient (Wildman–Crippen LogP) is 3.36. The number of nitriles is 1. The highest BCUT2D eigenvalue weighted by atomic mass is 32.2. The van der Waals surface area contributed by atoms with E-state index in [2.05, 4.69) is 11.4 Å². The molecular weight excluding hydrogens is 286 g/mol. The highest BCUT2D eigenvalue weighted by Crippen LogP contribution is 2.39. The van der Waals surface area contributed by atoms with Gasteiger partial charge in [0.25, 0.3) is 5.69 Å². The number of hydrogen-bond donors (Lipinski definition) is 1. The van der Waals surface area contributed by atoms with Gasteiger partial charge in [0, 0.05) is 6.07 Å². The first kappa shape index (κ1) is 15.8. The number of nitro groups is 1. The topological polar surface area (TPSA) is 79.0 Å². The van der Waals surface area contributed by atoms with Crippen molar-refractivity contribution in [3.63, 3.8) is 0 Å². The molecule has 2 atom stereocenters. The first-order valence-electron chi connectivity index (χ1n) is 7.09. The minimum atomic E-state index is -0.414. The third kappa shape index (κ3) is 3.36. The van der Waals surface area contributed by atoms with Crippen molar-refractivity contribution in [3.05, 3.63) is 34.4 Å². The summed E-state index contributed by atoms with van der Waals surface area (Å²) in [7, 11) is 1.84. The summed E-state index contributed by atoms with van der Waals surface area (Å²) < 4.78 is 0. The van der Waals surface area contributed by atoms with Crippen molar-refractivity contribution >= 4 is 17.4 Å². The number of nitrogens with zero attached hydrogens (tertiary/aromatic N) is 2. The van der Waals surface area contributed by atoms with Crippen LogP contribution in [0, 0.1) is 27.4 Å². The normalized spacial score (nSPS) is 24.7. The molecular formula is C15H19N3O2S. The molecule has 21 heavy (non-hydrogen) atoms. The lowest BCUT2D eigenvalue weighted by Crippen LogP contribution is -2.44. The van der Waals surface area contributed by atoms with Crippen molar-refractivity contribution in [1.82, 2.24) is 5.32 Å². The number of thioether (sulfide) groups is 1. The van der Waals surface area contributed by atoms with Gasteiger partial charge in [-0.25, -0.2) is 0 Å². The lowest BCUT2D eigenvalue weighted by molar-refractivity contribution is -0.387. The maximum atomic E-state index is 11.0. The zero-order valence-corrected chi connectivity index (χ0v) is 12.9. The number of benzene rings is 1. The molecule has 5 nitrogen and oxygen atoms in total. The fourth-order valence-electron chi connectivity index (χ4n) is 3.04. The Hall–Kier alpha value is -1.58. The second kappa shape index (κ2) is 6.92. The van der Waals surface area contributed by atoms with Crippen LogP contribution in [0.5, 0.6) is 0 Å². The first-order valence-corrected chi connectivity index (χ1v) is 8.08. The molecule has 2 unspecified atom stereocenters. The molecule has 0 bridgehead atoms. The number of nitro benzene ring substituents is 1. The van der Waals surface area contributed by atoms with Gasteiger partial charge in [0.15, 0.2) is 0 Å². The van der Waals surface area contributed by atoms with E-state index in [1.807, 2.05) is 13.1 Å². The van der Waals surface area contributed by atoms with Crippen molar-refractivity contribution in [2.24, 2.45) is 5.92 Å². The summed E-state index contributed by atoms with van der Waals surface area (Å²) in [5, 5.41) is 23.6. The quantitative estimate of drug-likeness (QED) is 0.495. The molecule has 0 spiro atoms. The van der Waals surface area contributed by atoms with E-state index in [0.29, 0.717) is 10.8 Å². The number of nitrogens with one attached hydrogen (secondary N) is 1. The number of para-hydroxylation sites is 1. The molecule has 1 N–H and O–H groups in total. The van der Waals surface area contributed by atoms with Crippen LogP contribution in [0.3, 0.4) is 0 Å². The van der Waals surface area contributed by atoms with Gasteiger partial charge in [-0.15, -0.1) is 11.8 Å². The lowest BCUT2D eigenvalue weighted by atomic mass is 9.87. The summed E-state index contributed by atoms with van der Waals surface area (Å²) in [4.78, 5) is 11.3. The molecule has 0 amide bonds. The molecule has 0 saturated heterocycles. The molecule has 0 aromatic heterocycles. The van der Waals surface area contributed by atoms with Gasteiger partial charge in [0.05, 0.1) is 15.9 Å². The van der Waals surface area contributed by atoms with Crippen LogP contribution in [-0.2, 0) is 0 Å². The maximum Gasteiger partial charge on any atom is 0.282 e. The molecule has 2 rings (SSSR count). The third-order valence-electron chi connectivity index (χ3n) is 4.25. The molecule has 1 aromatic rings. The SMILES string of the molecule is CNC1(C#N)CCCC1CCSc1ccccc1[N+](=O)[O-]. The van der Waals surface area contributed by atoms with Crippen LogP contribution < -0.4 is 5.32 Å². The fraction of sp³-hybridized carbons (Fsp3) is 0.533. The fourth-order valence-corrected chi connectivity index (χ4v) is 4.13. The standard InChI is InChI=1S/C15H19N3O2S/c1-17-15(11-16)9-4-5-12(15)8-10-21-14-7-3-2-6-13(14)18(19)20/h2-3,6-7,12,17H,4-5,8-10H2,1H3. The zero-order chi connectivity index (χ0) is 15.3. The van der Waals surface area contributed by atoms with E-state index in [0.717, 1.165) is 31.4 Å². The van der Waals surface area contributed by atoms with Gasteiger partial charge >= 0.3 is 0 Å². The highest BCUT2D eigenvalue weighted by molar-refractivity contribution is 7.99. The second-order valence-corrected chi connectivity index (χ2v) is 6.42. The Bertz CT molecular complexity index is 558. The van der Waals surface area contributed by atoms with Gasteiger partial charge in [0.1, 0.15) is 5.54 Å². The summed E-state index contributed by atoms with van der Waals surface area (Å²) in [5.41, 5.74) is -0.252. The minimum absolute atomic E-state index is 0.161. The largest absolute Gasteiger partial charge is 0.302 e. The third-order valence-corrected chi connectivity index (χ3v) is 5.35. The summed E-state index contributed by atoms with van der Waals surface area (Å²) in [6.07, 6.45) is 3.90. The molecule has 1 aliphatic rings. The van der Waals surface area contributed by atoms with E-state index in [4.69, 9.17) is 0 Å². The monoisotopic (exact) mass is 305 g/mol. The van der Waals surface area contributed by atoms with Crippen LogP contribution in [0.1, 0.15) is 25.7 Å². The van der Waals surface area contributed by atoms with Gasteiger partial charge in [0.2, 0.25) is 0 Å². The first-order chi connectivity index (χ1) is 10.1. The van der Waals surface area contributed by atoms with E-state index < -0.39 is 5.54 Å². The van der Waals surface area contributed by atoms with Crippen molar-refractivity contribution in [2.75, 3.05) is 12.8 Å². The average Bonchev–Trinajstić information content (AvgIpc) is 2.91. The van der Waals surface area contributed by atoms with Crippen molar-refractivity contribution in [2.45, 2.75) is 36.1 Å². The summed E-state index contributed by atoms with van der Waals surface area (Å²) in [6.45, 7) is 0. The molecule has 0 heterocycles. The Labute approximate surface area is 128 Å². The summed E-state index contributed by atoms with van der Waals surface area (Å²) >= 11 is 1.51. The van der Waals surface area contributed by atoms with Gasteiger partial charge in [-0.3, -0.25) is 10.1 Å². The highest BCUT2D eigenvalue weighted by Gasteiger charge is 2.41. The molecule has 112 valence electrons. The maximum absolute atomic E-state index is 11.0. The van der Waals surface area contributed by atoms with Crippen LogP contribution in [0.25, 0.3) is 0 Å². The summed E-state index contributed by atoms with van der Waals surface area (Å²) in [6, 6.07) is 9.24. The molecule has 1 aromatic carbocycles. The van der Waals surface area contributed by atoms with Crippen LogP contribution in [0.2, 0.25) is 0 Å². The van der Waals surface area contributed by atoms with Crippen LogP contribution in [-0.4, -0.2) is 23.3 Å². The van der Waals surface area contributed by atoms with E-state index in [9.17, 15) is 15.4 Å². The lowest BCUT2D eigenvalue weighted by Gasteiger charge is -2.28. The van der Waals surface area contributed by atoms with Gasteiger partial charge in [-0.1, -0.05) is 18.6 Å². The Morgan fingerprint density at radius 2 is 2.33 bits per heavy atom. The molecule has 1 saturated carbocycles. The zero-order valence-electron chi connectivity index (χ0n) is 12.0. The molecule has 1 aliphatic carbocycles. The average molecular weight is 305 g/mol. The Morgan fingerprint density at radius 1 is 1.57 bits per heavy atom. The molecule has 0 radical (unpaired) electrons. The second-order valence-electron chi connectivity index (χ2n) is 5.28. The van der Waals surface area contributed by atoms with E-state index in [1.165, 1.54) is 17.8 Å². The molecule has 1 fully saturated rings. The number of rotatable bonds is 6. The van der Waals surface area contributed by atoms with Crippen LogP contribution in [0.4, 0.5) is 5.69 Å². The van der Waals surface area contributed by atoms with E-state index >= 15 is 0 Å². The van der Waals surface area contributed by atoms with Crippen molar-refractivity contribution in [3.8, 4) is 6.07 Å². The Morgan fingerprint density at radius 3 is 3.00 bits per heavy atom. The van der Waals surface area contributed by atoms with Crippen molar-refractivity contribution in [1.29, 1.82) is 5.26 Å². The Balaban J connectivity index is 1.96. The van der Waals surface area contributed by atoms with Gasteiger partial charge in [-0.05, 0) is 44.0 Å². The van der Waals surface area contributed by atoms with Crippen molar-refractivity contribution < 1.29 is 4.92 Å². The molecule has 6 heteroatoms. The Kier molecular flexibility index (Phi) is 5.21. The van der Waals surface area contributed by atoms with Crippen LogP contribution >= 0.6 is 11.8 Å².